The first-order chi connectivity index (χ1) is 16.9. The summed E-state index contributed by atoms with van der Waals surface area (Å²) in [5.41, 5.74) is 3.00. The summed E-state index contributed by atoms with van der Waals surface area (Å²) in [7, 11) is 0. The van der Waals surface area contributed by atoms with E-state index in [1.54, 1.807) is 36.4 Å². The molecule has 8 heteroatoms. The van der Waals surface area contributed by atoms with Crippen LogP contribution in [0.5, 0.6) is 0 Å². The molecule has 0 bridgehead atoms. The van der Waals surface area contributed by atoms with Gasteiger partial charge in [0.25, 0.3) is 0 Å². The van der Waals surface area contributed by atoms with Crippen LogP contribution in [0.4, 0.5) is 10.1 Å². The van der Waals surface area contributed by atoms with Gasteiger partial charge in [-0.05, 0) is 54.1 Å². The van der Waals surface area contributed by atoms with Crippen LogP contribution in [0.25, 0.3) is 11.4 Å². The lowest BCUT2D eigenvalue weighted by Crippen LogP contribution is -2.17. The number of thioether (sulfide) groups is 1. The first-order valence-electron chi connectivity index (χ1n) is 11.2. The molecule has 0 spiro atoms. The fourth-order valence-electron chi connectivity index (χ4n) is 3.36. The third-order valence-electron chi connectivity index (χ3n) is 5.33. The number of aromatic nitrogens is 3. The number of Topliss-reactive ketones (excluding diaryl/α,β-unsaturated/α-hetero) is 1. The lowest BCUT2D eigenvalue weighted by atomic mass is 10.1. The van der Waals surface area contributed by atoms with Crippen LogP contribution >= 0.6 is 11.8 Å². The van der Waals surface area contributed by atoms with Gasteiger partial charge in [0.05, 0.1) is 12.3 Å². The van der Waals surface area contributed by atoms with Crippen LogP contribution in [0.1, 0.15) is 29.8 Å². The van der Waals surface area contributed by atoms with E-state index in [0.717, 1.165) is 11.1 Å². The molecule has 6 nitrogen and oxygen atoms in total. The molecule has 1 amide bonds. The van der Waals surface area contributed by atoms with Crippen LogP contribution in [0.15, 0.2) is 84.0 Å². The molecule has 0 fully saturated rings. The van der Waals surface area contributed by atoms with E-state index in [0.29, 0.717) is 28.8 Å². The highest BCUT2D eigenvalue weighted by atomic mass is 32.2. The fraction of sp³-hybridized carbons (Fsp3) is 0.185. The highest BCUT2D eigenvalue weighted by molar-refractivity contribution is 7.99. The minimum absolute atomic E-state index is 0.0608. The number of hydrogen-bond donors (Lipinski definition) is 1. The van der Waals surface area contributed by atoms with Crippen molar-refractivity contribution in [2.24, 2.45) is 5.92 Å². The molecule has 0 aliphatic heterocycles. The van der Waals surface area contributed by atoms with E-state index in [1.165, 1.54) is 23.9 Å². The van der Waals surface area contributed by atoms with Gasteiger partial charge in [0.1, 0.15) is 5.82 Å². The maximum atomic E-state index is 13.4. The second kappa shape index (κ2) is 11.1. The molecule has 0 saturated carbocycles. The van der Waals surface area contributed by atoms with E-state index in [1.807, 2.05) is 48.7 Å². The summed E-state index contributed by atoms with van der Waals surface area (Å²) in [6.45, 7) is 4.16. The Labute approximate surface area is 207 Å². The van der Waals surface area contributed by atoms with Crippen molar-refractivity contribution >= 4 is 29.1 Å². The molecular formula is C27H25FN4O2S. The Kier molecular flexibility index (Phi) is 7.72. The normalized spacial score (nSPS) is 11.0. The Morgan fingerprint density at radius 3 is 2.29 bits per heavy atom. The minimum Gasteiger partial charge on any atom is -0.326 e. The largest absolute Gasteiger partial charge is 0.326 e. The minimum atomic E-state index is -0.321. The molecule has 3 aromatic carbocycles. The maximum Gasteiger partial charge on any atom is 0.226 e. The van der Waals surface area contributed by atoms with Crippen LogP contribution in [0, 0.1) is 11.7 Å². The molecule has 4 rings (SSSR count). The van der Waals surface area contributed by atoms with E-state index >= 15 is 0 Å². The van der Waals surface area contributed by atoms with Gasteiger partial charge in [0, 0.05) is 22.7 Å². The summed E-state index contributed by atoms with van der Waals surface area (Å²) < 4.78 is 15.4. The summed E-state index contributed by atoms with van der Waals surface area (Å²) in [6.07, 6.45) is 0. The molecule has 1 heterocycles. The summed E-state index contributed by atoms with van der Waals surface area (Å²) in [5.74, 6) is 0.199. The zero-order chi connectivity index (χ0) is 24.8. The van der Waals surface area contributed by atoms with Crippen molar-refractivity contribution < 1.29 is 14.0 Å². The lowest BCUT2D eigenvalue weighted by molar-refractivity contribution is -0.118. The Balaban J connectivity index is 1.51. The molecule has 0 unspecified atom stereocenters. The van der Waals surface area contributed by atoms with Crippen LogP contribution < -0.4 is 5.32 Å². The van der Waals surface area contributed by atoms with Crippen LogP contribution in [0.2, 0.25) is 0 Å². The standard InChI is InChI=1S/C27H25FN4O2S/c1-18(2)26(34)29-23-14-10-20(11-15-23)24(33)17-35-27-31-30-25(21-8-12-22(28)13-9-21)32(27)16-19-6-4-3-5-7-19/h3-15,18H,16-17H2,1-2H3,(H,29,34). The van der Waals surface area contributed by atoms with E-state index < -0.39 is 0 Å². The molecular weight excluding hydrogens is 463 g/mol. The zero-order valence-electron chi connectivity index (χ0n) is 19.4. The fourth-order valence-corrected chi connectivity index (χ4v) is 4.19. The van der Waals surface area contributed by atoms with Crippen molar-refractivity contribution in [2.75, 3.05) is 11.1 Å². The molecule has 4 aromatic rings. The maximum absolute atomic E-state index is 13.4. The summed E-state index contributed by atoms with van der Waals surface area (Å²) in [5, 5.41) is 12.1. The van der Waals surface area contributed by atoms with Gasteiger partial charge in [-0.3, -0.25) is 14.2 Å². The molecule has 0 saturated heterocycles. The van der Waals surface area contributed by atoms with E-state index in [-0.39, 0.29) is 29.2 Å². The summed E-state index contributed by atoms with van der Waals surface area (Å²) in [6, 6.07) is 22.9. The monoisotopic (exact) mass is 488 g/mol. The quantitative estimate of drug-likeness (QED) is 0.242. The molecule has 0 aliphatic rings. The highest BCUT2D eigenvalue weighted by Gasteiger charge is 2.17. The van der Waals surface area contributed by atoms with Gasteiger partial charge in [-0.15, -0.1) is 10.2 Å². The predicted molar refractivity (Wildman–Crippen MR) is 136 cm³/mol. The van der Waals surface area contributed by atoms with Crippen molar-refractivity contribution in [3.05, 3.63) is 95.8 Å². The van der Waals surface area contributed by atoms with E-state index in [2.05, 4.69) is 15.5 Å². The van der Waals surface area contributed by atoms with Crippen molar-refractivity contribution in [1.29, 1.82) is 0 Å². The molecule has 35 heavy (non-hydrogen) atoms. The number of anilines is 1. The van der Waals surface area contributed by atoms with Crippen molar-refractivity contribution in [3.63, 3.8) is 0 Å². The number of nitrogens with zero attached hydrogens (tertiary/aromatic N) is 3. The number of carbonyl (C=O) groups excluding carboxylic acids is 2. The summed E-state index contributed by atoms with van der Waals surface area (Å²) >= 11 is 1.30. The van der Waals surface area contributed by atoms with Gasteiger partial charge in [-0.1, -0.05) is 55.9 Å². The molecule has 0 atom stereocenters. The first kappa shape index (κ1) is 24.3. The number of rotatable bonds is 9. The Bertz CT molecular complexity index is 1300. The third kappa shape index (κ3) is 6.22. The topological polar surface area (TPSA) is 76.9 Å². The molecule has 1 aromatic heterocycles. The van der Waals surface area contributed by atoms with Crippen molar-refractivity contribution in [2.45, 2.75) is 25.5 Å². The van der Waals surface area contributed by atoms with E-state index in [9.17, 15) is 14.0 Å². The van der Waals surface area contributed by atoms with Crippen LogP contribution in [0.3, 0.4) is 0 Å². The number of nitrogens with one attached hydrogen (secondary N) is 1. The predicted octanol–water partition coefficient (Wildman–Crippen LogP) is 5.70. The molecule has 1 N–H and O–H groups in total. The first-order valence-corrected chi connectivity index (χ1v) is 12.2. The zero-order valence-corrected chi connectivity index (χ0v) is 20.3. The number of ketones is 1. The smallest absolute Gasteiger partial charge is 0.226 e. The Morgan fingerprint density at radius 1 is 0.943 bits per heavy atom. The Morgan fingerprint density at radius 2 is 1.63 bits per heavy atom. The van der Waals surface area contributed by atoms with Gasteiger partial charge < -0.3 is 5.32 Å². The van der Waals surface area contributed by atoms with Crippen molar-refractivity contribution in [1.82, 2.24) is 14.8 Å². The van der Waals surface area contributed by atoms with Crippen LogP contribution in [-0.4, -0.2) is 32.2 Å². The SMILES string of the molecule is CC(C)C(=O)Nc1ccc(C(=O)CSc2nnc(-c3ccc(F)cc3)n2Cc2ccccc2)cc1. The van der Waals surface area contributed by atoms with E-state index in [4.69, 9.17) is 0 Å². The summed E-state index contributed by atoms with van der Waals surface area (Å²) in [4.78, 5) is 24.7. The Hall–Kier alpha value is -3.78. The lowest BCUT2D eigenvalue weighted by Gasteiger charge is -2.11. The van der Waals surface area contributed by atoms with Gasteiger partial charge in [0.15, 0.2) is 16.8 Å². The third-order valence-corrected chi connectivity index (χ3v) is 6.30. The second-order valence-corrected chi connectivity index (χ2v) is 9.26. The highest BCUT2D eigenvalue weighted by Crippen LogP contribution is 2.26. The number of amides is 1. The average Bonchev–Trinajstić information content (AvgIpc) is 3.26. The molecule has 178 valence electrons. The van der Waals surface area contributed by atoms with Gasteiger partial charge in [0.2, 0.25) is 5.91 Å². The van der Waals surface area contributed by atoms with Crippen molar-refractivity contribution in [3.8, 4) is 11.4 Å². The average molecular weight is 489 g/mol. The molecule has 0 aliphatic carbocycles. The van der Waals surface area contributed by atoms with Crippen LogP contribution in [-0.2, 0) is 11.3 Å². The number of halogens is 1. The number of hydrogen-bond acceptors (Lipinski definition) is 5. The molecule has 0 radical (unpaired) electrons. The van der Waals surface area contributed by atoms with Gasteiger partial charge >= 0.3 is 0 Å². The second-order valence-electron chi connectivity index (χ2n) is 8.32. The van der Waals surface area contributed by atoms with Gasteiger partial charge in [-0.25, -0.2) is 4.39 Å². The van der Waals surface area contributed by atoms with Gasteiger partial charge in [-0.2, -0.15) is 0 Å². The number of carbonyl (C=O) groups is 2. The number of benzene rings is 3.